The number of hydrogen-bond acceptors (Lipinski definition) is 6. The Labute approximate surface area is 205 Å². The standard InChI is InChI=1S/C27H30N6O2/c1-18(34)33-16-22(17-33)27(35)32(2)15-19-6-10-23(11-7-19)30-25(14-29)26(21-8-9-21)31-24-5-3-4-20(12-24)13-28/h3-7,10-12,14,21-22,30H,8-9,15-17,29H2,1-2H3/b25-14+,31-26?. The highest BCUT2D eigenvalue weighted by Crippen LogP contribution is 2.35. The normalized spacial score (nSPS) is 16.3. The number of allylic oxidation sites excluding steroid dienone is 1. The maximum absolute atomic E-state index is 12.6. The second kappa shape index (κ2) is 10.4. The smallest absolute Gasteiger partial charge is 0.229 e. The summed E-state index contributed by atoms with van der Waals surface area (Å²) in [6.07, 6.45) is 3.65. The molecule has 2 fully saturated rings. The van der Waals surface area contributed by atoms with E-state index in [1.54, 1.807) is 29.0 Å². The maximum atomic E-state index is 12.6. The van der Waals surface area contributed by atoms with E-state index in [0.717, 1.165) is 41.2 Å². The van der Waals surface area contributed by atoms with Crippen LogP contribution in [0.15, 0.2) is 65.4 Å². The van der Waals surface area contributed by atoms with Crippen molar-refractivity contribution in [2.24, 2.45) is 22.6 Å². The minimum absolute atomic E-state index is 0.0104. The molecule has 1 heterocycles. The average molecular weight is 471 g/mol. The van der Waals surface area contributed by atoms with E-state index in [0.29, 0.717) is 31.1 Å². The van der Waals surface area contributed by atoms with Gasteiger partial charge in [0.15, 0.2) is 0 Å². The Bertz CT molecular complexity index is 1200. The van der Waals surface area contributed by atoms with Gasteiger partial charge in [-0.25, -0.2) is 0 Å². The Kier molecular flexibility index (Phi) is 7.16. The molecule has 180 valence electrons. The van der Waals surface area contributed by atoms with Crippen LogP contribution in [0.1, 0.15) is 30.9 Å². The number of hydrogen-bond donors (Lipinski definition) is 2. The van der Waals surface area contributed by atoms with Gasteiger partial charge in [-0.1, -0.05) is 18.2 Å². The Morgan fingerprint density at radius 1 is 1.20 bits per heavy atom. The summed E-state index contributed by atoms with van der Waals surface area (Å²) in [5, 5.41) is 12.5. The predicted octanol–water partition coefficient (Wildman–Crippen LogP) is 3.39. The largest absolute Gasteiger partial charge is 0.403 e. The van der Waals surface area contributed by atoms with Gasteiger partial charge in [0.1, 0.15) is 0 Å². The number of carbonyl (C=O) groups excluding carboxylic acids is 2. The monoisotopic (exact) mass is 470 g/mol. The zero-order chi connectivity index (χ0) is 24.9. The van der Waals surface area contributed by atoms with E-state index in [1.165, 1.54) is 13.1 Å². The van der Waals surface area contributed by atoms with Gasteiger partial charge in [0.05, 0.1) is 34.6 Å². The molecule has 0 bridgehead atoms. The zero-order valence-electron chi connectivity index (χ0n) is 20.1. The molecule has 8 nitrogen and oxygen atoms in total. The number of amides is 2. The van der Waals surface area contributed by atoms with E-state index in [-0.39, 0.29) is 17.7 Å². The fourth-order valence-electron chi connectivity index (χ4n) is 4.11. The molecular weight excluding hydrogens is 440 g/mol. The highest BCUT2D eigenvalue weighted by Gasteiger charge is 2.35. The lowest BCUT2D eigenvalue weighted by atomic mass is 9.98. The fraction of sp³-hybridized carbons (Fsp3) is 0.333. The van der Waals surface area contributed by atoms with Gasteiger partial charge < -0.3 is 20.9 Å². The number of likely N-dealkylation sites (tertiary alicyclic amines) is 1. The second-order valence-corrected chi connectivity index (χ2v) is 9.15. The van der Waals surface area contributed by atoms with Gasteiger partial charge in [0.2, 0.25) is 11.8 Å². The number of carbonyl (C=O) groups is 2. The van der Waals surface area contributed by atoms with Crippen LogP contribution in [0.2, 0.25) is 0 Å². The third-order valence-electron chi connectivity index (χ3n) is 6.34. The summed E-state index contributed by atoms with van der Waals surface area (Å²) in [7, 11) is 1.79. The Morgan fingerprint density at radius 3 is 2.51 bits per heavy atom. The van der Waals surface area contributed by atoms with Gasteiger partial charge >= 0.3 is 0 Å². The first-order chi connectivity index (χ1) is 16.9. The van der Waals surface area contributed by atoms with Crippen LogP contribution in [-0.2, 0) is 16.1 Å². The van der Waals surface area contributed by atoms with Crippen molar-refractivity contribution in [1.82, 2.24) is 9.80 Å². The lowest BCUT2D eigenvalue weighted by molar-refractivity contribution is -0.146. The maximum Gasteiger partial charge on any atom is 0.229 e. The number of nitriles is 1. The highest BCUT2D eigenvalue weighted by atomic mass is 16.2. The van der Waals surface area contributed by atoms with E-state index in [9.17, 15) is 14.9 Å². The molecule has 3 N–H and O–H groups in total. The minimum atomic E-state index is -0.115. The van der Waals surface area contributed by atoms with Crippen molar-refractivity contribution in [1.29, 1.82) is 5.26 Å². The first-order valence-electron chi connectivity index (χ1n) is 11.8. The van der Waals surface area contributed by atoms with Gasteiger partial charge in [0.25, 0.3) is 0 Å². The van der Waals surface area contributed by atoms with Crippen LogP contribution in [0.25, 0.3) is 0 Å². The quantitative estimate of drug-likeness (QED) is 0.574. The molecule has 1 saturated heterocycles. The number of nitrogens with one attached hydrogen (secondary N) is 1. The number of benzene rings is 2. The van der Waals surface area contributed by atoms with Crippen LogP contribution >= 0.6 is 0 Å². The summed E-state index contributed by atoms with van der Waals surface area (Å²) in [6.45, 7) is 3.03. The Hall–Kier alpha value is -4.12. The molecule has 1 saturated carbocycles. The molecule has 2 amide bonds. The van der Waals surface area contributed by atoms with Crippen molar-refractivity contribution >= 4 is 28.9 Å². The van der Waals surface area contributed by atoms with Crippen LogP contribution in [0.4, 0.5) is 11.4 Å². The molecule has 2 aromatic carbocycles. The lowest BCUT2D eigenvalue weighted by Crippen LogP contribution is -2.55. The fourth-order valence-corrected chi connectivity index (χ4v) is 4.11. The summed E-state index contributed by atoms with van der Waals surface area (Å²) in [5.41, 5.74) is 10.8. The van der Waals surface area contributed by atoms with E-state index in [2.05, 4.69) is 11.4 Å². The van der Waals surface area contributed by atoms with Gasteiger partial charge in [0, 0.05) is 51.4 Å². The van der Waals surface area contributed by atoms with E-state index in [4.69, 9.17) is 10.7 Å². The Balaban J connectivity index is 1.39. The molecule has 35 heavy (non-hydrogen) atoms. The molecule has 4 rings (SSSR count). The second-order valence-electron chi connectivity index (χ2n) is 9.15. The van der Waals surface area contributed by atoms with Crippen LogP contribution in [0, 0.1) is 23.2 Å². The van der Waals surface area contributed by atoms with Crippen molar-refractivity contribution in [3.63, 3.8) is 0 Å². The van der Waals surface area contributed by atoms with Crippen LogP contribution in [-0.4, -0.2) is 47.5 Å². The molecule has 0 aromatic heterocycles. The molecule has 0 spiro atoms. The number of aliphatic imine (C=N–C) groups is 1. The van der Waals surface area contributed by atoms with Crippen LogP contribution in [0.5, 0.6) is 0 Å². The van der Waals surface area contributed by atoms with Crippen molar-refractivity contribution < 1.29 is 9.59 Å². The van der Waals surface area contributed by atoms with Crippen LogP contribution in [0.3, 0.4) is 0 Å². The van der Waals surface area contributed by atoms with Crippen LogP contribution < -0.4 is 11.1 Å². The SMILES string of the molecule is CC(=O)N1CC(C(=O)N(C)Cc2ccc(N/C(=C/N)C(=Nc3cccc(C#N)c3)C3CC3)cc2)C1. The van der Waals surface area contributed by atoms with E-state index < -0.39 is 0 Å². The molecule has 2 aromatic rings. The number of nitrogens with zero attached hydrogens (tertiary/aromatic N) is 4. The molecule has 0 unspecified atom stereocenters. The highest BCUT2D eigenvalue weighted by molar-refractivity contribution is 6.06. The van der Waals surface area contributed by atoms with Gasteiger partial charge in [-0.3, -0.25) is 14.6 Å². The zero-order valence-corrected chi connectivity index (χ0v) is 20.1. The van der Waals surface area contributed by atoms with Gasteiger partial charge in [-0.05, 0) is 48.7 Å². The van der Waals surface area contributed by atoms with Crippen molar-refractivity contribution in [3.8, 4) is 6.07 Å². The van der Waals surface area contributed by atoms with Crippen molar-refractivity contribution in [3.05, 3.63) is 71.6 Å². The first kappa shape index (κ1) is 24.0. The summed E-state index contributed by atoms with van der Waals surface area (Å²) in [4.78, 5) is 32.2. The van der Waals surface area contributed by atoms with E-state index in [1.807, 2.05) is 36.4 Å². The molecule has 1 aliphatic heterocycles. The average Bonchev–Trinajstić information content (AvgIpc) is 3.66. The summed E-state index contributed by atoms with van der Waals surface area (Å²) < 4.78 is 0. The number of nitrogens with two attached hydrogens (primary N) is 1. The molecule has 1 aliphatic carbocycles. The molecule has 0 radical (unpaired) electrons. The lowest BCUT2D eigenvalue weighted by Gasteiger charge is -2.39. The van der Waals surface area contributed by atoms with Crippen molar-refractivity contribution in [2.45, 2.75) is 26.3 Å². The number of anilines is 1. The molecular formula is C27H30N6O2. The van der Waals surface area contributed by atoms with Gasteiger partial charge in [-0.15, -0.1) is 0 Å². The third-order valence-corrected chi connectivity index (χ3v) is 6.34. The van der Waals surface area contributed by atoms with Crippen molar-refractivity contribution in [2.75, 3.05) is 25.5 Å². The predicted molar refractivity (Wildman–Crippen MR) is 136 cm³/mol. The van der Waals surface area contributed by atoms with E-state index >= 15 is 0 Å². The molecule has 8 heteroatoms. The molecule has 0 atom stereocenters. The topological polar surface area (TPSA) is 115 Å². The molecule has 2 aliphatic rings. The summed E-state index contributed by atoms with van der Waals surface area (Å²) in [5.74, 6) is 0.295. The summed E-state index contributed by atoms with van der Waals surface area (Å²) >= 11 is 0. The number of rotatable bonds is 8. The first-order valence-corrected chi connectivity index (χ1v) is 11.8. The Morgan fingerprint density at radius 2 is 1.91 bits per heavy atom. The summed E-state index contributed by atoms with van der Waals surface area (Å²) in [6, 6.07) is 17.3. The third kappa shape index (κ3) is 5.87. The minimum Gasteiger partial charge on any atom is -0.403 e. The van der Waals surface area contributed by atoms with Gasteiger partial charge in [-0.2, -0.15) is 5.26 Å².